The Hall–Kier alpha value is -7.17. The summed E-state index contributed by atoms with van der Waals surface area (Å²) in [6.07, 6.45) is 0. The minimum atomic E-state index is -0.242. The van der Waals surface area contributed by atoms with Crippen LogP contribution in [-0.4, -0.2) is 18.7 Å². The Morgan fingerprint density at radius 3 is 1.73 bits per heavy atom. The number of hydrogen-bond donors (Lipinski definition) is 0. The molecule has 4 heteroatoms. The summed E-state index contributed by atoms with van der Waals surface area (Å²) < 4.78 is 7.34. The fraction of sp³-hybridized carbons (Fsp3) is 0.0577. The van der Waals surface area contributed by atoms with E-state index in [2.05, 4.69) is 210 Å². The van der Waals surface area contributed by atoms with Gasteiger partial charge in [0.25, 0.3) is 0 Å². The van der Waals surface area contributed by atoms with Gasteiger partial charge in [-0.3, -0.25) is 4.57 Å². The van der Waals surface area contributed by atoms with Crippen molar-refractivity contribution >= 4 is 54.6 Å². The van der Waals surface area contributed by atoms with E-state index in [1.54, 1.807) is 0 Å². The van der Waals surface area contributed by atoms with E-state index in [1.807, 2.05) is 0 Å². The molecular weight excluding hydrogens is 681 g/mol. The Bertz CT molecular complexity index is 3380. The van der Waals surface area contributed by atoms with E-state index >= 15 is 0 Å². The van der Waals surface area contributed by atoms with Crippen molar-refractivity contribution in [3.63, 3.8) is 0 Å². The molecule has 0 atom stereocenters. The molecule has 3 heterocycles. The van der Waals surface area contributed by atoms with Crippen molar-refractivity contribution in [1.82, 2.24) is 18.7 Å². The summed E-state index contributed by atoms with van der Waals surface area (Å²) in [5.41, 5.74) is 16.5. The van der Waals surface area contributed by atoms with Crippen LogP contribution in [0.3, 0.4) is 0 Å². The molecule has 0 saturated carbocycles. The summed E-state index contributed by atoms with van der Waals surface area (Å²) in [6, 6.07) is 65.9. The van der Waals surface area contributed by atoms with E-state index in [4.69, 9.17) is 4.98 Å². The molecule has 0 bridgehead atoms. The maximum atomic E-state index is 5.27. The van der Waals surface area contributed by atoms with E-state index < -0.39 is 0 Å². The SMILES string of the molecule is CC1(C)c2ccccc2-c2c1c1c3ccccc3n(-c3ccccc3)c1c1c3ccccc3n(-c3cccc(-c4nc5ccccc5n4-c4ccccc4)c3)c21. The number of rotatable bonds is 4. The molecule has 12 rings (SSSR count). The van der Waals surface area contributed by atoms with Crippen LogP contribution in [0.25, 0.3) is 94.2 Å². The van der Waals surface area contributed by atoms with Gasteiger partial charge in [-0.15, -0.1) is 0 Å². The zero-order chi connectivity index (χ0) is 37.1. The second-order valence-electron chi connectivity index (χ2n) is 15.6. The largest absolute Gasteiger partial charge is 0.309 e. The van der Waals surface area contributed by atoms with Gasteiger partial charge in [-0.25, -0.2) is 4.98 Å². The maximum absolute atomic E-state index is 5.27. The quantitative estimate of drug-likeness (QED) is 0.178. The molecule has 3 aromatic heterocycles. The van der Waals surface area contributed by atoms with Gasteiger partial charge in [-0.2, -0.15) is 0 Å². The molecule has 0 spiro atoms. The molecule has 0 saturated heterocycles. The Morgan fingerprint density at radius 2 is 1.00 bits per heavy atom. The van der Waals surface area contributed by atoms with Crippen molar-refractivity contribution in [3.8, 4) is 39.6 Å². The third-order valence-electron chi connectivity index (χ3n) is 12.2. The van der Waals surface area contributed by atoms with Crippen molar-refractivity contribution in [1.29, 1.82) is 0 Å². The number of aromatic nitrogens is 4. The summed E-state index contributed by atoms with van der Waals surface area (Å²) in [5, 5.41) is 5.12. The van der Waals surface area contributed by atoms with Crippen LogP contribution in [-0.2, 0) is 5.41 Å². The van der Waals surface area contributed by atoms with Gasteiger partial charge in [-0.1, -0.05) is 135 Å². The van der Waals surface area contributed by atoms with Gasteiger partial charge in [0.15, 0.2) is 0 Å². The second kappa shape index (κ2) is 11.4. The third kappa shape index (κ3) is 4.10. The lowest BCUT2D eigenvalue weighted by Gasteiger charge is -2.23. The lowest BCUT2D eigenvalue weighted by atomic mass is 9.80. The summed E-state index contributed by atoms with van der Waals surface area (Å²) >= 11 is 0. The van der Waals surface area contributed by atoms with Gasteiger partial charge in [0, 0.05) is 55.1 Å². The first-order valence-electron chi connectivity index (χ1n) is 19.4. The van der Waals surface area contributed by atoms with Gasteiger partial charge in [0.05, 0.1) is 33.1 Å². The van der Waals surface area contributed by atoms with Crippen LogP contribution >= 0.6 is 0 Å². The van der Waals surface area contributed by atoms with Crippen LogP contribution in [0.2, 0.25) is 0 Å². The van der Waals surface area contributed by atoms with E-state index in [-0.39, 0.29) is 5.41 Å². The molecule has 0 aliphatic heterocycles. The first kappa shape index (κ1) is 31.2. The molecule has 264 valence electrons. The van der Waals surface area contributed by atoms with Crippen LogP contribution in [0.15, 0.2) is 182 Å². The first-order chi connectivity index (χ1) is 27.6. The molecule has 0 radical (unpaired) electrons. The Balaban J connectivity index is 1.27. The molecule has 0 unspecified atom stereocenters. The highest BCUT2D eigenvalue weighted by Crippen LogP contribution is 2.58. The van der Waals surface area contributed by atoms with Crippen LogP contribution in [0, 0.1) is 0 Å². The fourth-order valence-corrected chi connectivity index (χ4v) is 9.91. The number of imidazole rings is 1. The Labute approximate surface area is 324 Å². The Kier molecular flexibility index (Phi) is 6.37. The molecule has 1 aliphatic carbocycles. The van der Waals surface area contributed by atoms with E-state index in [0.717, 1.165) is 39.5 Å². The normalized spacial score (nSPS) is 13.3. The van der Waals surface area contributed by atoms with Crippen molar-refractivity contribution in [2.45, 2.75) is 19.3 Å². The highest BCUT2D eigenvalue weighted by atomic mass is 15.1. The predicted molar refractivity (Wildman–Crippen MR) is 233 cm³/mol. The summed E-state index contributed by atoms with van der Waals surface area (Å²) in [4.78, 5) is 5.27. The smallest absolute Gasteiger partial charge is 0.145 e. The number of hydrogen-bond acceptors (Lipinski definition) is 1. The molecular formula is C52H36N4. The van der Waals surface area contributed by atoms with Crippen LogP contribution < -0.4 is 0 Å². The fourth-order valence-electron chi connectivity index (χ4n) is 9.91. The van der Waals surface area contributed by atoms with Gasteiger partial charge in [-0.05, 0) is 77.4 Å². The standard InChI is InChI=1S/C52H36N4/c1-52(2)40-27-12-9-24-37(40)45-48(52)46-38-25-10-14-29-42(38)54(34-19-5-3-6-20-34)50(46)47-39-26-11-15-30-43(39)55(49(45)47)36-23-17-18-33(32-36)51-53-41-28-13-16-31-44(41)56(51)35-21-7-4-8-22-35/h3-32H,1-2H3. The van der Waals surface area contributed by atoms with Crippen molar-refractivity contribution in [3.05, 3.63) is 193 Å². The molecule has 8 aromatic carbocycles. The first-order valence-corrected chi connectivity index (χ1v) is 19.4. The van der Waals surface area contributed by atoms with Gasteiger partial charge in [0.1, 0.15) is 5.82 Å². The lowest BCUT2D eigenvalue weighted by Crippen LogP contribution is -2.15. The third-order valence-corrected chi connectivity index (χ3v) is 12.2. The number of nitrogens with zero attached hydrogens (tertiary/aromatic N) is 4. The monoisotopic (exact) mass is 716 g/mol. The van der Waals surface area contributed by atoms with Crippen molar-refractivity contribution in [2.75, 3.05) is 0 Å². The van der Waals surface area contributed by atoms with E-state index in [1.165, 1.54) is 65.9 Å². The average Bonchev–Trinajstić information content (AvgIpc) is 3.97. The summed E-state index contributed by atoms with van der Waals surface area (Å²) in [7, 11) is 0. The number of benzene rings is 8. The van der Waals surface area contributed by atoms with E-state index in [0.29, 0.717) is 0 Å². The maximum Gasteiger partial charge on any atom is 0.145 e. The molecule has 1 aliphatic rings. The molecule has 0 fully saturated rings. The van der Waals surface area contributed by atoms with Gasteiger partial charge in [0.2, 0.25) is 0 Å². The van der Waals surface area contributed by atoms with E-state index in [9.17, 15) is 0 Å². The van der Waals surface area contributed by atoms with Crippen molar-refractivity contribution < 1.29 is 0 Å². The minimum absolute atomic E-state index is 0.242. The number of para-hydroxylation sites is 6. The van der Waals surface area contributed by atoms with Crippen molar-refractivity contribution in [2.24, 2.45) is 0 Å². The Morgan fingerprint density at radius 1 is 0.446 bits per heavy atom. The molecule has 0 N–H and O–H groups in total. The van der Waals surface area contributed by atoms with Crippen LogP contribution in [0.4, 0.5) is 0 Å². The van der Waals surface area contributed by atoms with Crippen LogP contribution in [0.1, 0.15) is 25.0 Å². The summed E-state index contributed by atoms with van der Waals surface area (Å²) in [5.74, 6) is 0.920. The highest BCUT2D eigenvalue weighted by Gasteiger charge is 2.41. The van der Waals surface area contributed by atoms with Crippen LogP contribution in [0.5, 0.6) is 0 Å². The topological polar surface area (TPSA) is 27.7 Å². The lowest BCUT2D eigenvalue weighted by molar-refractivity contribution is 0.667. The minimum Gasteiger partial charge on any atom is -0.309 e. The molecule has 56 heavy (non-hydrogen) atoms. The molecule has 0 amide bonds. The molecule has 4 nitrogen and oxygen atoms in total. The average molecular weight is 717 g/mol. The van der Waals surface area contributed by atoms with Gasteiger partial charge < -0.3 is 9.13 Å². The van der Waals surface area contributed by atoms with Gasteiger partial charge >= 0.3 is 0 Å². The number of fused-ring (bicyclic) bond motifs is 13. The molecule has 11 aromatic rings. The summed E-state index contributed by atoms with van der Waals surface area (Å²) in [6.45, 7) is 4.83. The zero-order valence-electron chi connectivity index (χ0n) is 31.1. The highest BCUT2D eigenvalue weighted by molar-refractivity contribution is 6.31. The predicted octanol–water partition coefficient (Wildman–Crippen LogP) is 13.2. The zero-order valence-corrected chi connectivity index (χ0v) is 31.1. The second-order valence-corrected chi connectivity index (χ2v) is 15.6.